The molecule has 1 aromatic rings. The second kappa shape index (κ2) is 12.0. The molecule has 142 valence electrons. The van der Waals surface area contributed by atoms with Gasteiger partial charge >= 0.3 is 0 Å². The van der Waals surface area contributed by atoms with E-state index in [1.165, 1.54) is 17.5 Å². The highest BCUT2D eigenvalue weighted by molar-refractivity contribution is 7.15. The van der Waals surface area contributed by atoms with Crippen molar-refractivity contribution in [1.29, 1.82) is 0 Å². The third kappa shape index (κ3) is 10.2. The molecule has 1 unspecified atom stereocenters. The van der Waals surface area contributed by atoms with Crippen LogP contribution in [-0.2, 0) is 0 Å². The van der Waals surface area contributed by atoms with Gasteiger partial charge in [-0.15, -0.1) is 0 Å². The van der Waals surface area contributed by atoms with Gasteiger partial charge in [0, 0.05) is 19.1 Å². The molecule has 0 saturated heterocycles. The molecule has 1 rings (SSSR count). The van der Waals surface area contributed by atoms with Gasteiger partial charge in [0.25, 0.3) is 11.1 Å². The highest BCUT2D eigenvalue weighted by Gasteiger charge is 2.12. The predicted molar refractivity (Wildman–Crippen MR) is 102 cm³/mol. The maximum atomic E-state index is 12.0. The van der Waals surface area contributed by atoms with Crippen LogP contribution in [0.5, 0.6) is 5.19 Å². The minimum atomic E-state index is -0.610. The van der Waals surface area contributed by atoms with Crippen LogP contribution in [-0.4, -0.2) is 47.8 Å². The largest absolute Gasteiger partial charge is 0.467 e. The van der Waals surface area contributed by atoms with Crippen LogP contribution in [0.15, 0.2) is 18.3 Å². The molecule has 1 atom stereocenters. The molecule has 1 aromatic heterocycles. The number of aromatic nitrogens is 1. The van der Waals surface area contributed by atoms with Crippen molar-refractivity contribution in [3.05, 3.63) is 23.2 Å². The Hall–Kier alpha value is -1.44. The van der Waals surface area contributed by atoms with Crippen LogP contribution in [0.1, 0.15) is 50.2 Å². The Kier molecular flexibility index (Phi) is 10.4. The maximum absolute atomic E-state index is 12.0. The number of allylic oxidation sites excluding steroid dienone is 1. The van der Waals surface area contributed by atoms with E-state index in [1.54, 1.807) is 0 Å². The van der Waals surface area contributed by atoms with Crippen LogP contribution in [0.2, 0.25) is 0 Å². The minimum absolute atomic E-state index is 0.147. The fraction of sp³-hybridized carbons (Fsp3) is 0.667. The number of nitrogens with zero attached hydrogens (tertiary/aromatic N) is 1. The lowest BCUT2D eigenvalue weighted by atomic mass is 10.1. The number of aliphatic hydroxyl groups is 1. The molecule has 0 aliphatic rings. The number of carbonyl (C=O) groups is 1. The van der Waals surface area contributed by atoms with E-state index in [2.05, 4.69) is 41.6 Å². The van der Waals surface area contributed by atoms with Gasteiger partial charge in [0.05, 0.1) is 6.20 Å². The molecule has 0 saturated carbocycles. The molecule has 0 radical (unpaired) electrons. The van der Waals surface area contributed by atoms with Crippen molar-refractivity contribution in [1.82, 2.24) is 15.6 Å². The van der Waals surface area contributed by atoms with Crippen LogP contribution in [0, 0.1) is 5.92 Å². The summed E-state index contributed by atoms with van der Waals surface area (Å²) in [5.41, 5.74) is 0. The van der Waals surface area contributed by atoms with Crippen molar-refractivity contribution < 1.29 is 14.6 Å². The Morgan fingerprint density at radius 3 is 2.80 bits per heavy atom. The summed E-state index contributed by atoms with van der Waals surface area (Å²) >= 11 is 1.18. The second-order valence-corrected chi connectivity index (χ2v) is 7.66. The second-order valence-electron chi connectivity index (χ2n) is 6.66. The molecule has 1 amide bonds. The van der Waals surface area contributed by atoms with Crippen molar-refractivity contribution >= 4 is 17.2 Å². The topological polar surface area (TPSA) is 83.5 Å². The number of rotatable bonds is 12. The SMILES string of the molecule is CC(C)C/C=C\CCNC(=O)c1cnc(OCC(O)CNC(C)C)s1. The van der Waals surface area contributed by atoms with Crippen molar-refractivity contribution in [2.75, 3.05) is 19.7 Å². The number of thiazole rings is 1. The summed E-state index contributed by atoms with van der Waals surface area (Å²) in [5.74, 6) is 0.507. The number of ether oxygens (including phenoxy) is 1. The number of nitrogens with one attached hydrogen (secondary N) is 2. The fourth-order valence-corrected chi connectivity index (χ4v) is 2.56. The van der Waals surface area contributed by atoms with E-state index in [1.807, 2.05) is 13.8 Å². The summed E-state index contributed by atoms with van der Waals surface area (Å²) in [6, 6.07) is 0.310. The smallest absolute Gasteiger partial charge is 0.273 e. The van der Waals surface area contributed by atoms with E-state index in [0.717, 1.165) is 12.8 Å². The molecular weight excluding hydrogens is 338 g/mol. The van der Waals surface area contributed by atoms with Crippen LogP contribution >= 0.6 is 11.3 Å². The summed E-state index contributed by atoms with van der Waals surface area (Å²) in [4.78, 5) is 16.6. The molecule has 0 aliphatic carbocycles. The summed E-state index contributed by atoms with van der Waals surface area (Å²) in [6.45, 7) is 9.58. The first kappa shape index (κ1) is 21.6. The summed E-state index contributed by atoms with van der Waals surface area (Å²) in [7, 11) is 0. The van der Waals surface area contributed by atoms with Crippen LogP contribution in [0.25, 0.3) is 0 Å². The number of carbonyl (C=O) groups excluding carboxylic acids is 1. The fourth-order valence-electron chi connectivity index (χ4n) is 1.87. The molecule has 3 N–H and O–H groups in total. The zero-order chi connectivity index (χ0) is 18.7. The van der Waals surface area contributed by atoms with Gasteiger partial charge in [-0.2, -0.15) is 0 Å². The van der Waals surface area contributed by atoms with Crippen molar-refractivity contribution in [2.24, 2.45) is 5.92 Å². The highest BCUT2D eigenvalue weighted by Crippen LogP contribution is 2.20. The molecule has 0 fully saturated rings. The quantitative estimate of drug-likeness (QED) is 0.390. The normalized spacial score (nSPS) is 12.9. The molecule has 0 bridgehead atoms. The number of hydrogen-bond acceptors (Lipinski definition) is 6. The number of aliphatic hydroxyl groups excluding tert-OH is 1. The lowest BCUT2D eigenvalue weighted by molar-refractivity contribution is 0.0958. The molecule has 0 aliphatic heterocycles. The van der Waals surface area contributed by atoms with E-state index in [-0.39, 0.29) is 12.5 Å². The molecule has 0 aromatic carbocycles. The van der Waals surface area contributed by atoms with Crippen LogP contribution in [0.3, 0.4) is 0 Å². The molecule has 25 heavy (non-hydrogen) atoms. The Bertz CT molecular complexity index is 529. The standard InChI is InChI=1S/C18H31N3O3S/c1-13(2)8-6-5-7-9-19-17(23)16-11-21-18(25-16)24-12-15(22)10-20-14(3)4/h5-6,11,13-15,20,22H,7-10,12H2,1-4H3,(H,19,23)/b6-5-. The van der Waals surface area contributed by atoms with Crippen molar-refractivity contribution in [2.45, 2.75) is 52.7 Å². The summed E-state index contributed by atoms with van der Waals surface area (Å²) in [6.07, 6.45) is 7.00. The van der Waals surface area contributed by atoms with E-state index in [9.17, 15) is 9.90 Å². The first-order chi connectivity index (χ1) is 11.9. The summed E-state index contributed by atoms with van der Waals surface area (Å²) < 4.78 is 5.44. The third-order valence-electron chi connectivity index (χ3n) is 3.24. The van der Waals surface area contributed by atoms with Crippen LogP contribution < -0.4 is 15.4 Å². The number of hydrogen-bond donors (Lipinski definition) is 3. The molecule has 6 nitrogen and oxygen atoms in total. The average Bonchev–Trinajstić information content (AvgIpc) is 3.02. The molecule has 0 spiro atoms. The predicted octanol–water partition coefficient (Wildman–Crippen LogP) is 2.60. The zero-order valence-electron chi connectivity index (χ0n) is 15.6. The van der Waals surface area contributed by atoms with Gasteiger partial charge in [-0.05, 0) is 18.8 Å². The lowest BCUT2D eigenvalue weighted by Crippen LogP contribution is -2.35. The number of amides is 1. The maximum Gasteiger partial charge on any atom is 0.273 e. The Morgan fingerprint density at radius 2 is 2.12 bits per heavy atom. The van der Waals surface area contributed by atoms with Gasteiger partial charge in [-0.1, -0.05) is 51.2 Å². The van der Waals surface area contributed by atoms with Gasteiger partial charge in [0.15, 0.2) is 0 Å². The van der Waals surface area contributed by atoms with Gasteiger partial charge in [0.1, 0.15) is 17.6 Å². The average molecular weight is 370 g/mol. The first-order valence-electron chi connectivity index (χ1n) is 8.81. The van der Waals surface area contributed by atoms with Gasteiger partial charge in [-0.3, -0.25) is 4.79 Å². The van der Waals surface area contributed by atoms with E-state index in [4.69, 9.17) is 4.74 Å². The van der Waals surface area contributed by atoms with Gasteiger partial charge in [0.2, 0.25) is 0 Å². The Balaban J connectivity index is 2.27. The van der Waals surface area contributed by atoms with Crippen LogP contribution in [0.4, 0.5) is 0 Å². The van der Waals surface area contributed by atoms with Crippen molar-refractivity contribution in [3.63, 3.8) is 0 Å². The molecule has 1 heterocycles. The Morgan fingerprint density at radius 1 is 1.36 bits per heavy atom. The lowest BCUT2D eigenvalue weighted by Gasteiger charge is -2.13. The highest BCUT2D eigenvalue weighted by atomic mass is 32.1. The minimum Gasteiger partial charge on any atom is -0.467 e. The van der Waals surface area contributed by atoms with E-state index >= 15 is 0 Å². The van der Waals surface area contributed by atoms with Crippen molar-refractivity contribution in [3.8, 4) is 5.19 Å². The van der Waals surface area contributed by atoms with E-state index < -0.39 is 6.10 Å². The Labute approximate surface area is 154 Å². The van der Waals surface area contributed by atoms with Gasteiger partial charge in [-0.25, -0.2) is 4.98 Å². The monoisotopic (exact) mass is 369 g/mol. The third-order valence-corrected chi connectivity index (χ3v) is 4.15. The van der Waals surface area contributed by atoms with Gasteiger partial charge < -0.3 is 20.5 Å². The first-order valence-corrected chi connectivity index (χ1v) is 9.63. The molecule has 7 heteroatoms. The summed E-state index contributed by atoms with van der Waals surface area (Å²) in [5, 5.41) is 16.2. The molecular formula is C18H31N3O3S. The van der Waals surface area contributed by atoms with E-state index in [0.29, 0.717) is 35.1 Å². The zero-order valence-corrected chi connectivity index (χ0v) is 16.4.